The third kappa shape index (κ3) is 5.50. The van der Waals surface area contributed by atoms with E-state index in [1.807, 2.05) is 56.0 Å². The van der Waals surface area contributed by atoms with Crippen molar-refractivity contribution in [3.05, 3.63) is 55.6 Å². The largest absolute Gasteiger partial charge is 0.394 e. The summed E-state index contributed by atoms with van der Waals surface area (Å²) in [5.41, 5.74) is 0.753. The fraction of sp³-hybridized carbons (Fsp3) is 0.606. The number of alkyl halides is 1. The summed E-state index contributed by atoms with van der Waals surface area (Å²) in [7, 11) is 0. The van der Waals surface area contributed by atoms with E-state index in [2.05, 4.69) is 36.0 Å². The Balaban J connectivity index is 1.85. The van der Waals surface area contributed by atoms with Crippen LogP contribution < -0.4 is 4.90 Å². The van der Waals surface area contributed by atoms with E-state index >= 15 is 0 Å². The SMILES string of the molecule is C=CCN(C(=O)[C@H]1[C@H]2C(=O)N([C@@H](CO)[C@@H](C)CC)C(C(=O)N(CC=C)C(C)CCC)C23CC(Br)[C@@H]1S3)c1ccccc1. The Bertz CT molecular complexity index is 1170. The molecular formula is C33H46BrN3O4S. The molecule has 4 unspecified atom stereocenters. The minimum Gasteiger partial charge on any atom is -0.394 e. The van der Waals surface area contributed by atoms with Crippen molar-refractivity contribution in [3.63, 3.8) is 0 Å². The van der Waals surface area contributed by atoms with Gasteiger partial charge in [-0.05, 0) is 37.8 Å². The van der Waals surface area contributed by atoms with Crippen LogP contribution in [0.4, 0.5) is 5.69 Å². The number of nitrogens with zero attached hydrogens (tertiary/aromatic N) is 3. The number of carbonyl (C=O) groups is 3. The number of fused-ring (bicyclic) bond motifs is 1. The van der Waals surface area contributed by atoms with E-state index in [4.69, 9.17) is 0 Å². The number of hydrogen-bond donors (Lipinski definition) is 1. The molecule has 0 aromatic heterocycles. The Morgan fingerprint density at radius 2 is 1.83 bits per heavy atom. The lowest BCUT2D eigenvalue weighted by Gasteiger charge is -2.42. The second-order valence-electron chi connectivity index (χ2n) is 12.0. The molecule has 0 radical (unpaired) electrons. The predicted octanol–water partition coefficient (Wildman–Crippen LogP) is 5.28. The minimum atomic E-state index is -0.782. The number of carbonyl (C=O) groups excluding carboxylic acids is 3. The monoisotopic (exact) mass is 659 g/mol. The molecule has 3 amide bonds. The summed E-state index contributed by atoms with van der Waals surface area (Å²) in [6.45, 7) is 16.5. The second-order valence-corrected chi connectivity index (χ2v) is 14.8. The van der Waals surface area contributed by atoms with Gasteiger partial charge in [-0.25, -0.2) is 0 Å². The van der Waals surface area contributed by atoms with E-state index in [-0.39, 0.29) is 46.4 Å². The van der Waals surface area contributed by atoms with Crippen molar-refractivity contribution in [1.82, 2.24) is 9.80 Å². The lowest BCUT2D eigenvalue weighted by Crippen LogP contribution is -2.60. The molecule has 7 nitrogen and oxygen atoms in total. The van der Waals surface area contributed by atoms with Gasteiger partial charge in [0.2, 0.25) is 17.7 Å². The molecule has 9 heteroatoms. The van der Waals surface area contributed by atoms with Crippen molar-refractivity contribution >= 4 is 51.1 Å². The molecule has 4 rings (SSSR count). The number of amides is 3. The van der Waals surface area contributed by atoms with Crippen LogP contribution in [0, 0.1) is 17.8 Å². The standard InChI is InChI=1S/C33H46BrN3O4S/c1-7-14-22(6)35(17-8-2)32(41)29-33-19-24(34)28(42-33)26(27(33)31(40)37(29)25(20-38)21(5)10-4)30(39)36(18-9-3)23-15-12-11-13-16-23/h8-9,11-13,15-16,21-22,24-29,38H,2-3,7,10,14,17-20H2,1,4-6H3/t21-,22?,24?,25-,26-,27-,28-,29?,33?/m0/s1. The fourth-order valence-corrected chi connectivity index (χ4v) is 11.0. The van der Waals surface area contributed by atoms with Crippen molar-refractivity contribution in [3.8, 4) is 0 Å². The van der Waals surface area contributed by atoms with Crippen molar-refractivity contribution < 1.29 is 19.5 Å². The summed E-state index contributed by atoms with van der Waals surface area (Å²) in [5.74, 6) is -1.72. The zero-order valence-electron chi connectivity index (χ0n) is 25.3. The van der Waals surface area contributed by atoms with Crippen molar-refractivity contribution in [1.29, 1.82) is 0 Å². The molecule has 1 N–H and O–H groups in total. The van der Waals surface area contributed by atoms with Crippen LogP contribution >= 0.6 is 27.7 Å². The highest BCUT2D eigenvalue weighted by Crippen LogP contribution is 2.68. The Hall–Kier alpha value is -2.10. The number of para-hydroxylation sites is 1. The van der Waals surface area contributed by atoms with Crippen molar-refractivity contribution in [2.45, 2.75) is 86.3 Å². The molecule has 0 aliphatic carbocycles. The van der Waals surface area contributed by atoms with E-state index in [0.717, 1.165) is 24.9 Å². The normalized spacial score (nSPS) is 30.0. The van der Waals surface area contributed by atoms with Gasteiger partial charge in [-0.2, -0.15) is 0 Å². The van der Waals surface area contributed by atoms with E-state index in [9.17, 15) is 19.5 Å². The summed E-state index contributed by atoms with van der Waals surface area (Å²) in [5, 5.41) is 10.5. The van der Waals surface area contributed by atoms with Gasteiger partial charge in [0.1, 0.15) is 6.04 Å². The van der Waals surface area contributed by atoms with Crippen LogP contribution in [0.15, 0.2) is 55.6 Å². The summed E-state index contributed by atoms with van der Waals surface area (Å²) in [6.07, 6.45) is 6.54. The summed E-state index contributed by atoms with van der Waals surface area (Å²) < 4.78 is -0.782. The van der Waals surface area contributed by atoms with Gasteiger partial charge < -0.3 is 19.8 Å². The van der Waals surface area contributed by atoms with Crippen LogP contribution in [0.3, 0.4) is 0 Å². The van der Waals surface area contributed by atoms with Crippen LogP contribution in [0.5, 0.6) is 0 Å². The number of hydrogen-bond acceptors (Lipinski definition) is 5. The maximum atomic E-state index is 14.8. The average molecular weight is 661 g/mol. The number of rotatable bonds is 14. The Morgan fingerprint density at radius 3 is 2.40 bits per heavy atom. The predicted molar refractivity (Wildman–Crippen MR) is 175 cm³/mol. The van der Waals surface area contributed by atoms with Gasteiger partial charge in [-0.15, -0.1) is 24.9 Å². The topological polar surface area (TPSA) is 81.2 Å². The molecular weight excluding hydrogens is 614 g/mol. The molecule has 2 bridgehead atoms. The van der Waals surface area contributed by atoms with Gasteiger partial charge in [-0.1, -0.05) is 79.9 Å². The lowest BCUT2D eigenvalue weighted by molar-refractivity contribution is -0.147. The third-order valence-electron chi connectivity index (χ3n) is 9.58. The highest BCUT2D eigenvalue weighted by Gasteiger charge is 2.76. The number of benzene rings is 1. The van der Waals surface area contributed by atoms with Gasteiger partial charge in [0.15, 0.2) is 0 Å². The second kappa shape index (κ2) is 13.7. The summed E-state index contributed by atoms with van der Waals surface area (Å²) >= 11 is 5.52. The Morgan fingerprint density at radius 1 is 1.17 bits per heavy atom. The number of likely N-dealkylation sites (tertiary alicyclic amines) is 1. The van der Waals surface area contributed by atoms with E-state index in [0.29, 0.717) is 19.5 Å². The molecule has 230 valence electrons. The number of aliphatic hydroxyl groups excluding tert-OH is 1. The molecule has 9 atom stereocenters. The number of halogens is 1. The minimum absolute atomic E-state index is 0.0249. The molecule has 3 saturated heterocycles. The quantitative estimate of drug-likeness (QED) is 0.217. The van der Waals surface area contributed by atoms with Crippen LogP contribution in [0.1, 0.15) is 53.4 Å². The highest BCUT2D eigenvalue weighted by molar-refractivity contribution is 9.09. The molecule has 3 heterocycles. The molecule has 3 aliphatic heterocycles. The third-order valence-corrected chi connectivity index (χ3v) is 12.8. The number of thioether (sulfide) groups is 1. The molecule has 0 saturated carbocycles. The zero-order valence-corrected chi connectivity index (χ0v) is 27.7. The first-order chi connectivity index (χ1) is 20.1. The van der Waals surface area contributed by atoms with Gasteiger partial charge in [0.05, 0.1) is 29.2 Å². The highest BCUT2D eigenvalue weighted by atomic mass is 79.9. The first-order valence-electron chi connectivity index (χ1n) is 15.3. The molecule has 3 aliphatic rings. The van der Waals surface area contributed by atoms with Crippen molar-refractivity contribution in [2.75, 3.05) is 24.6 Å². The molecule has 1 aromatic carbocycles. The fourth-order valence-electron chi connectivity index (χ4n) is 7.40. The number of aliphatic hydroxyl groups is 1. The Labute approximate surface area is 263 Å². The van der Waals surface area contributed by atoms with Crippen molar-refractivity contribution in [2.24, 2.45) is 17.8 Å². The van der Waals surface area contributed by atoms with E-state index < -0.39 is 28.7 Å². The summed E-state index contributed by atoms with van der Waals surface area (Å²) in [4.78, 5) is 49.2. The zero-order chi connectivity index (χ0) is 30.8. The first kappa shape index (κ1) is 32.8. The van der Waals surface area contributed by atoms with Gasteiger partial charge in [-0.3, -0.25) is 14.4 Å². The van der Waals surface area contributed by atoms with Crippen LogP contribution in [-0.2, 0) is 14.4 Å². The smallest absolute Gasteiger partial charge is 0.247 e. The Kier molecular flexibility index (Phi) is 10.7. The first-order valence-corrected chi connectivity index (χ1v) is 17.1. The van der Waals surface area contributed by atoms with Gasteiger partial charge in [0.25, 0.3) is 0 Å². The maximum absolute atomic E-state index is 14.8. The number of anilines is 1. The van der Waals surface area contributed by atoms with Crippen LogP contribution in [-0.4, -0.2) is 85.3 Å². The molecule has 3 fully saturated rings. The molecule has 1 aromatic rings. The van der Waals surface area contributed by atoms with Crippen LogP contribution in [0.2, 0.25) is 0 Å². The average Bonchev–Trinajstić information content (AvgIpc) is 3.58. The van der Waals surface area contributed by atoms with E-state index in [1.54, 1.807) is 33.7 Å². The van der Waals surface area contributed by atoms with Crippen LogP contribution in [0.25, 0.3) is 0 Å². The maximum Gasteiger partial charge on any atom is 0.247 e. The van der Waals surface area contributed by atoms with Gasteiger partial charge >= 0.3 is 0 Å². The lowest BCUT2D eigenvalue weighted by atomic mass is 9.70. The summed E-state index contributed by atoms with van der Waals surface area (Å²) in [6, 6.07) is 8.14. The van der Waals surface area contributed by atoms with Gasteiger partial charge in [0, 0.05) is 34.9 Å². The molecule has 42 heavy (non-hydrogen) atoms. The van der Waals surface area contributed by atoms with E-state index in [1.165, 1.54) is 0 Å². The molecule has 1 spiro atoms.